The van der Waals surface area contributed by atoms with Crippen LogP contribution in [0.3, 0.4) is 0 Å². The minimum Gasteiger partial charge on any atom is -0.346 e. The third kappa shape index (κ3) is 2.60. The Labute approximate surface area is 140 Å². The summed E-state index contributed by atoms with van der Waals surface area (Å²) >= 11 is 0. The van der Waals surface area contributed by atoms with E-state index in [0.717, 1.165) is 24.9 Å². The lowest BCUT2D eigenvalue weighted by atomic mass is 9.89. The fourth-order valence-electron chi connectivity index (χ4n) is 3.70. The second-order valence-electron chi connectivity index (χ2n) is 6.87. The Balaban J connectivity index is 1.53. The first-order chi connectivity index (χ1) is 11.6. The molecule has 0 unspecified atom stereocenters. The SMILES string of the molecule is Cn1cc([C@H]2CNC[C@@H]2C(=O)NC2(c3ccccc3F)CC2)cn1. The summed E-state index contributed by atoms with van der Waals surface area (Å²) in [5.74, 6) is -0.299. The molecule has 126 valence electrons. The first kappa shape index (κ1) is 15.3. The second kappa shape index (κ2) is 5.70. The molecule has 5 nitrogen and oxygen atoms in total. The van der Waals surface area contributed by atoms with Crippen LogP contribution in [0.15, 0.2) is 36.7 Å². The van der Waals surface area contributed by atoms with Gasteiger partial charge in [-0.1, -0.05) is 18.2 Å². The molecule has 1 aromatic carbocycles. The number of benzene rings is 1. The number of halogens is 1. The van der Waals surface area contributed by atoms with Gasteiger partial charge in [-0.25, -0.2) is 4.39 Å². The molecule has 1 aromatic heterocycles. The molecule has 2 N–H and O–H groups in total. The predicted molar refractivity (Wildman–Crippen MR) is 87.8 cm³/mol. The standard InChI is InChI=1S/C18H21FN4O/c1-23-11-12(8-21-23)13-9-20-10-14(13)17(24)22-18(6-7-18)15-4-2-3-5-16(15)19/h2-5,8,11,13-14,20H,6-7,9-10H2,1H3,(H,22,24)/t13-,14+/m1/s1. The number of hydrogen-bond acceptors (Lipinski definition) is 3. The van der Waals surface area contributed by atoms with Crippen LogP contribution in [-0.2, 0) is 17.4 Å². The quantitative estimate of drug-likeness (QED) is 0.897. The minimum atomic E-state index is -0.523. The van der Waals surface area contributed by atoms with Gasteiger partial charge >= 0.3 is 0 Å². The molecule has 2 aromatic rings. The number of nitrogens with zero attached hydrogens (tertiary/aromatic N) is 2. The Morgan fingerprint density at radius 1 is 1.38 bits per heavy atom. The molecule has 2 fully saturated rings. The van der Waals surface area contributed by atoms with E-state index in [-0.39, 0.29) is 23.6 Å². The first-order valence-corrected chi connectivity index (χ1v) is 8.35. The smallest absolute Gasteiger partial charge is 0.225 e. The van der Waals surface area contributed by atoms with E-state index in [2.05, 4.69) is 15.7 Å². The molecule has 0 spiro atoms. The third-order valence-electron chi connectivity index (χ3n) is 5.21. The van der Waals surface area contributed by atoms with E-state index >= 15 is 0 Å². The summed E-state index contributed by atoms with van der Waals surface area (Å²) in [7, 11) is 1.87. The van der Waals surface area contributed by atoms with Crippen LogP contribution in [0.25, 0.3) is 0 Å². The van der Waals surface area contributed by atoms with Crippen molar-refractivity contribution < 1.29 is 9.18 Å². The van der Waals surface area contributed by atoms with E-state index in [1.165, 1.54) is 6.07 Å². The zero-order chi connectivity index (χ0) is 16.7. The Morgan fingerprint density at radius 2 is 2.17 bits per heavy atom. The normalized spacial score (nSPS) is 24.8. The van der Waals surface area contributed by atoms with Crippen molar-refractivity contribution in [2.24, 2.45) is 13.0 Å². The molecule has 4 rings (SSSR count). The van der Waals surface area contributed by atoms with Gasteiger partial charge in [-0.15, -0.1) is 0 Å². The number of carbonyl (C=O) groups is 1. The van der Waals surface area contributed by atoms with Crippen LogP contribution in [0.4, 0.5) is 4.39 Å². The van der Waals surface area contributed by atoms with Gasteiger partial charge in [0.15, 0.2) is 0 Å². The van der Waals surface area contributed by atoms with Crippen molar-refractivity contribution in [3.05, 3.63) is 53.6 Å². The van der Waals surface area contributed by atoms with Gasteiger partial charge in [0, 0.05) is 37.8 Å². The van der Waals surface area contributed by atoms with Gasteiger partial charge in [-0.2, -0.15) is 5.10 Å². The summed E-state index contributed by atoms with van der Waals surface area (Å²) in [5, 5.41) is 10.6. The number of hydrogen-bond donors (Lipinski definition) is 2. The van der Waals surface area contributed by atoms with E-state index in [1.807, 2.05) is 25.5 Å². The van der Waals surface area contributed by atoms with Crippen LogP contribution in [0, 0.1) is 11.7 Å². The summed E-state index contributed by atoms with van der Waals surface area (Å²) in [6.07, 6.45) is 5.36. The Bertz CT molecular complexity index is 768. The summed E-state index contributed by atoms with van der Waals surface area (Å²) in [5.41, 5.74) is 1.14. The van der Waals surface area contributed by atoms with Gasteiger partial charge in [-0.05, 0) is 24.5 Å². The van der Waals surface area contributed by atoms with Crippen molar-refractivity contribution in [1.82, 2.24) is 20.4 Å². The van der Waals surface area contributed by atoms with Crippen LogP contribution in [0.5, 0.6) is 0 Å². The average molecular weight is 328 g/mol. The molecule has 0 radical (unpaired) electrons. The maximum Gasteiger partial charge on any atom is 0.225 e. The zero-order valence-electron chi connectivity index (χ0n) is 13.6. The lowest BCUT2D eigenvalue weighted by Crippen LogP contribution is -2.41. The van der Waals surface area contributed by atoms with Gasteiger partial charge in [0.1, 0.15) is 5.82 Å². The van der Waals surface area contributed by atoms with Crippen molar-refractivity contribution in [3.63, 3.8) is 0 Å². The van der Waals surface area contributed by atoms with Crippen molar-refractivity contribution in [2.45, 2.75) is 24.3 Å². The molecule has 1 aliphatic carbocycles. The summed E-state index contributed by atoms with van der Waals surface area (Å²) < 4.78 is 15.9. The maximum atomic E-state index is 14.1. The lowest BCUT2D eigenvalue weighted by Gasteiger charge is -2.23. The number of carbonyl (C=O) groups excluding carboxylic acids is 1. The molecule has 6 heteroatoms. The Morgan fingerprint density at radius 3 is 2.83 bits per heavy atom. The van der Waals surface area contributed by atoms with E-state index in [1.54, 1.807) is 16.8 Å². The summed E-state index contributed by atoms with van der Waals surface area (Å²) in [6.45, 7) is 1.40. The van der Waals surface area contributed by atoms with Crippen molar-refractivity contribution in [2.75, 3.05) is 13.1 Å². The van der Waals surface area contributed by atoms with Gasteiger partial charge in [0.2, 0.25) is 5.91 Å². The van der Waals surface area contributed by atoms with E-state index < -0.39 is 5.54 Å². The molecule has 0 bridgehead atoms. The van der Waals surface area contributed by atoms with Crippen LogP contribution in [0.2, 0.25) is 0 Å². The van der Waals surface area contributed by atoms with Gasteiger partial charge in [0.25, 0.3) is 0 Å². The number of rotatable bonds is 4. The topological polar surface area (TPSA) is 59.0 Å². The van der Waals surface area contributed by atoms with Crippen molar-refractivity contribution in [3.8, 4) is 0 Å². The number of aryl methyl sites for hydroxylation is 1. The van der Waals surface area contributed by atoms with Gasteiger partial charge < -0.3 is 10.6 Å². The molecule has 2 heterocycles. The number of amides is 1. The average Bonchev–Trinajstić information content (AvgIpc) is 2.98. The number of nitrogens with one attached hydrogen (secondary N) is 2. The highest BCUT2D eigenvalue weighted by Crippen LogP contribution is 2.47. The third-order valence-corrected chi connectivity index (χ3v) is 5.21. The number of aromatic nitrogens is 2. The molecular weight excluding hydrogens is 307 g/mol. The molecule has 1 saturated heterocycles. The van der Waals surface area contributed by atoms with E-state index in [9.17, 15) is 9.18 Å². The van der Waals surface area contributed by atoms with Crippen LogP contribution >= 0.6 is 0 Å². The summed E-state index contributed by atoms with van der Waals surface area (Å²) in [4.78, 5) is 12.9. The molecular formula is C18H21FN4O. The molecule has 24 heavy (non-hydrogen) atoms. The Hall–Kier alpha value is -2.21. The first-order valence-electron chi connectivity index (χ1n) is 8.35. The van der Waals surface area contributed by atoms with E-state index in [4.69, 9.17) is 0 Å². The van der Waals surface area contributed by atoms with Gasteiger partial charge in [-0.3, -0.25) is 9.48 Å². The van der Waals surface area contributed by atoms with Crippen molar-refractivity contribution in [1.29, 1.82) is 0 Å². The highest BCUT2D eigenvalue weighted by atomic mass is 19.1. The Kier molecular flexibility index (Phi) is 3.64. The van der Waals surface area contributed by atoms with Gasteiger partial charge in [0.05, 0.1) is 17.7 Å². The maximum absolute atomic E-state index is 14.1. The molecule has 1 saturated carbocycles. The van der Waals surface area contributed by atoms with Crippen LogP contribution in [-0.4, -0.2) is 28.8 Å². The molecule has 2 aliphatic rings. The van der Waals surface area contributed by atoms with Crippen LogP contribution in [0.1, 0.15) is 29.9 Å². The molecule has 1 aliphatic heterocycles. The largest absolute Gasteiger partial charge is 0.346 e. The fourth-order valence-corrected chi connectivity index (χ4v) is 3.70. The van der Waals surface area contributed by atoms with Crippen molar-refractivity contribution >= 4 is 5.91 Å². The monoisotopic (exact) mass is 328 g/mol. The highest BCUT2D eigenvalue weighted by molar-refractivity contribution is 5.82. The second-order valence-corrected chi connectivity index (χ2v) is 6.87. The highest BCUT2D eigenvalue weighted by Gasteiger charge is 2.49. The summed E-state index contributed by atoms with van der Waals surface area (Å²) in [6, 6.07) is 6.72. The lowest BCUT2D eigenvalue weighted by molar-refractivity contribution is -0.125. The zero-order valence-corrected chi connectivity index (χ0v) is 13.6. The van der Waals surface area contributed by atoms with Crippen LogP contribution < -0.4 is 10.6 Å². The predicted octanol–water partition coefficient (Wildman–Crippen LogP) is 1.67. The van der Waals surface area contributed by atoms with E-state index in [0.29, 0.717) is 12.1 Å². The fraction of sp³-hybridized carbons (Fsp3) is 0.444. The minimum absolute atomic E-state index is 0.00499. The molecule has 2 atom stereocenters. The molecule has 1 amide bonds.